The molecule has 4 nitrogen and oxygen atoms in total. The van der Waals surface area contributed by atoms with Crippen LogP contribution in [0.25, 0.3) is 0 Å². The van der Waals surface area contributed by atoms with Gasteiger partial charge < -0.3 is 15.8 Å². The molecule has 1 amide bonds. The number of ether oxygens (including phenoxy) is 1. The third-order valence-corrected chi connectivity index (χ3v) is 3.53. The molecule has 3 unspecified atom stereocenters. The summed E-state index contributed by atoms with van der Waals surface area (Å²) in [5.41, 5.74) is 5.74. The molecule has 1 saturated carbocycles. The maximum absolute atomic E-state index is 13.7. The Kier molecular flexibility index (Phi) is 4.39. The number of nitrogens with one attached hydrogen (secondary N) is 1. The van der Waals surface area contributed by atoms with Crippen molar-refractivity contribution < 1.29 is 13.9 Å². The lowest BCUT2D eigenvalue weighted by molar-refractivity contribution is -0.0300. The molecule has 1 fully saturated rings. The Hall–Kier alpha value is -1.17. The number of carbonyl (C=O) groups is 1. The van der Waals surface area contributed by atoms with Crippen molar-refractivity contribution >= 4 is 17.5 Å². The molecule has 3 N–H and O–H groups in total. The monoisotopic (exact) mass is 286 g/mol. The van der Waals surface area contributed by atoms with Gasteiger partial charge in [-0.1, -0.05) is 17.7 Å². The minimum atomic E-state index is -0.720. The van der Waals surface area contributed by atoms with E-state index < -0.39 is 11.7 Å². The highest BCUT2D eigenvalue weighted by molar-refractivity contribution is 6.31. The highest BCUT2D eigenvalue weighted by Crippen LogP contribution is 2.24. The molecule has 0 bridgehead atoms. The van der Waals surface area contributed by atoms with Crippen LogP contribution in [0.2, 0.25) is 5.02 Å². The molecular weight excluding hydrogens is 271 g/mol. The van der Waals surface area contributed by atoms with Crippen LogP contribution >= 0.6 is 11.6 Å². The predicted octanol–water partition coefficient (Wildman–Crippen LogP) is 1.71. The smallest absolute Gasteiger partial charge is 0.254 e. The molecule has 0 aliphatic heterocycles. The van der Waals surface area contributed by atoms with Gasteiger partial charge in [-0.3, -0.25) is 4.79 Å². The lowest BCUT2D eigenvalue weighted by Gasteiger charge is -2.42. The summed E-state index contributed by atoms with van der Waals surface area (Å²) in [5, 5.41) is 2.62. The summed E-state index contributed by atoms with van der Waals surface area (Å²) >= 11 is 5.64. The van der Waals surface area contributed by atoms with Gasteiger partial charge in [0.2, 0.25) is 0 Å². The van der Waals surface area contributed by atoms with Crippen molar-refractivity contribution in [2.24, 2.45) is 5.73 Å². The van der Waals surface area contributed by atoms with Gasteiger partial charge in [0, 0.05) is 12.6 Å². The summed E-state index contributed by atoms with van der Waals surface area (Å²) in [6, 6.07) is 3.86. The molecule has 104 valence electrons. The van der Waals surface area contributed by atoms with Gasteiger partial charge in [0.05, 0.1) is 22.7 Å². The summed E-state index contributed by atoms with van der Waals surface area (Å²) in [6.07, 6.45) is 0.586. The quantitative estimate of drug-likeness (QED) is 0.886. The topological polar surface area (TPSA) is 64.3 Å². The summed E-state index contributed by atoms with van der Waals surface area (Å²) in [7, 11) is 0. The second-order valence-corrected chi connectivity index (χ2v) is 4.90. The largest absolute Gasteiger partial charge is 0.376 e. The minimum absolute atomic E-state index is 0.0769. The van der Waals surface area contributed by atoms with E-state index in [0.717, 1.165) is 0 Å². The first-order valence-electron chi connectivity index (χ1n) is 6.16. The molecule has 6 heteroatoms. The molecule has 3 atom stereocenters. The number of amides is 1. The fourth-order valence-corrected chi connectivity index (χ4v) is 2.31. The number of halogens is 2. The van der Waals surface area contributed by atoms with Crippen LogP contribution in [0, 0.1) is 5.82 Å². The third kappa shape index (κ3) is 2.88. The third-order valence-electron chi connectivity index (χ3n) is 3.24. The second kappa shape index (κ2) is 5.86. The van der Waals surface area contributed by atoms with Gasteiger partial charge in [0.25, 0.3) is 5.91 Å². The fraction of sp³-hybridized carbons (Fsp3) is 0.462. The average Bonchev–Trinajstić information content (AvgIpc) is 2.39. The molecule has 0 spiro atoms. The summed E-state index contributed by atoms with van der Waals surface area (Å²) in [4.78, 5) is 12.0. The Morgan fingerprint density at radius 3 is 3.00 bits per heavy atom. The first kappa shape index (κ1) is 14.2. The molecular formula is C13H16ClFN2O2. The van der Waals surface area contributed by atoms with E-state index in [4.69, 9.17) is 22.1 Å². The van der Waals surface area contributed by atoms with Gasteiger partial charge in [0.15, 0.2) is 5.82 Å². The van der Waals surface area contributed by atoms with E-state index in [-0.39, 0.29) is 28.8 Å². The SMILES string of the molecule is CCOC1CC(N)C1NC(=O)c1cccc(Cl)c1F. The fourth-order valence-electron chi connectivity index (χ4n) is 2.14. The van der Waals surface area contributed by atoms with Crippen molar-refractivity contribution in [2.45, 2.75) is 31.5 Å². The van der Waals surface area contributed by atoms with Crippen LogP contribution in [-0.2, 0) is 4.74 Å². The Morgan fingerprint density at radius 1 is 1.63 bits per heavy atom. The van der Waals surface area contributed by atoms with E-state index in [9.17, 15) is 9.18 Å². The highest BCUT2D eigenvalue weighted by Gasteiger charge is 2.40. The number of carbonyl (C=O) groups excluding carboxylic acids is 1. The van der Waals surface area contributed by atoms with E-state index in [1.54, 1.807) is 0 Å². The van der Waals surface area contributed by atoms with Gasteiger partial charge in [-0.05, 0) is 25.5 Å². The van der Waals surface area contributed by atoms with E-state index >= 15 is 0 Å². The molecule has 0 aromatic heterocycles. The van der Waals surface area contributed by atoms with Crippen LogP contribution < -0.4 is 11.1 Å². The van der Waals surface area contributed by atoms with Gasteiger partial charge in [-0.25, -0.2) is 4.39 Å². The molecule has 0 heterocycles. The molecule has 1 aromatic carbocycles. The van der Waals surface area contributed by atoms with Crippen molar-refractivity contribution in [2.75, 3.05) is 6.61 Å². The summed E-state index contributed by atoms with van der Waals surface area (Å²) in [6.45, 7) is 2.43. The van der Waals surface area contributed by atoms with Crippen LogP contribution in [-0.4, -0.2) is 30.7 Å². The van der Waals surface area contributed by atoms with Gasteiger partial charge >= 0.3 is 0 Å². The lowest BCUT2D eigenvalue weighted by Crippen LogP contribution is -2.64. The molecule has 2 rings (SSSR count). The van der Waals surface area contributed by atoms with Gasteiger partial charge in [-0.2, -0.15) is 0 Å². The number of hydrogen-bond acceptors (Lipinski definition) is 3. The number of benzene rings is 1. The van der Waals surface area contributed by atoms with Gasteiger partial charge in [-0.15, -0.1) is 0 Å². The molecule has 1 aliphatic carbocycles. The van der Waals surface area contributed by atoms with Crippen LogP contribution in [0.5, 0.6) is 0 Å². The maximum Gasteiger partial charge on any atom is 0.254 e. The zero-order valence-electron chi connectivity index (χ0n) is 10.5. The predicted molar refractivity (Wildman–Crippen MR) is 70.7 cm³/mol. The number of rotatable bonds is 4. The Morgan fingerprint density at radius 2 is 2.37 bits per heavy atom. The zero-order valence-corrected chi connectivity index (χ0v) is 11.3. The van der Waals surface area contributed by atoms with E-state index in [0.29, 0.717) is 13.0 Å². The van der Waals surface area contributed by atoms with Crippen LogP contribution in [0.4, 0.5) is 4.39 Å². The van der Waals surface area contributed by atoms with Gasteiger partial charge in [0.1, 0.15) is 0 Å². The molecule has 0 saturated heterocycles. The molecule has 19 heavy (non-hydrogen) atoms. The van der Waals surface area contributed by atoms with Crippen molar-refractivity contribution in [3.05, 3.63) is 34.6 Å². The van der Waals surface area contributed by atoms with Crippen LogP contribution in [0.1, 0.15) is 23.7 Å². The molecule has 1 aromatic rings. The molecule has 0 radical (unpaired) electrons. The Bertz CT molecular complexity index is 482. The highest BCUT2D eigenvalue weighted by atomic mass is 35.5. The minimum Gasteiger partial charge on any atom is -0.376 e. The number of nitrogens with two attached hydrogens (primary N) is 1. The molecule has 1 aliphatic rings. The zero-order chi connectivity index (χ0) is 14.0. The Balaban J connectivity index is 2.06. The second-order valence-electron chi connectivity index (χ2n) is 4.49. The van der Waals surface area contributed by atoms with Crippen molar-refractivity contribution in [3.8, 4) is 0 Å². The van der Waals surface area contributed by atoms with E-state index in [1.165, 1.54) is 18.2 Å². The van der Waals surface area contributed by atoms with Crippen molar-refractivity contribution in [3.63, 3.8) is 0 Å². The summed E-state index contributed by atoms with van der Waals surface area (Å²) in [5.74, 6) is -1.24. The lowest BCUT2D eigenvalue weighted by atomic mass is 9.83. The van der Waals surface area contributed by atoms with E-state index in [1.807, 2.05) is 6.92 Å². The Labute approximate surface area is 116 Å². The standard InChI is InChI=1S/C13H16ClFN2O2/c1-2-19-10-6-9(16)12(10)17-13(18)7-4-3-5-8(14)11(7)15/h3-5,9-10,12H,2,6,16H2,1H3,(H,17,18). The first-order valence-corrected chi connectivity index (χ1v) is 6.54. The van der Waals surface area contributed by atoms with Crippen LogP contribution in [0.15, 0.2) is 18.2 Å². The maximum atomic E-state index is 13.7. The van der Waals surface area contributed by atoms with E-state index in [2.05, 4.69) is 5.32 Å². The first-order chi connectivity index (χ1) is 9.04. The van der Waals surface area contributed by atoms with Crippen LogP contribution in [0.3, 0.4) is 0 Å². The summed E-state index contributed by atoms with van der Waals surface area (Å²) < 4.78 is 19.1. The average molecular weight is 287 g/mol. The van der Waals surface area contributed by atoms with Crippen molar-refractivity contribution in [1.82, 2.24) is 5.32 Å². The number of hydrogen-bond donors (Lipinski definition) is 2. The van der Waals surface area contributed by atoms with Crippen molar-refractivity contribution in [1.29, 1.82) is 0 Å². The normalized spacial score (nSPS) is 25.8.